The molecule has 0 saturated carbocycles. The Hall–Kier alpha value is -1.84. The standard InChI is InChI=1S/C19H21ClN2O/c1-3-22(4-2)18-17(13-8-6-5-7-9-13)15-12-14(20)10-11-16(15)21-19(18)23/h5-12,17-18H,3-4H2,1-2H3,(H,21,23)/t17-,18-/m1/s1. The van der Waals surface area contributed by atoms with Gasteiger partial charge in [0.2, 0.25) is 5.91 Å². The maximum absolute atomic E-state index is 12.8. The van der Waals surface area contributed by atoms with Crippen LogP contribution in [0, 0.1) is 0 Å². The average Bonchev–Trinajstić information content (AvgIpc) is 2.57. The van der Waals surface area contributed by atoms with Gasteiger partial charge in [-0.15, -0.1) is 0 Å². The van der Waals surface area contributed by atoms with E-state index in [1.807, 2.05) is 36.4 Å². The second kappa shape index (κ2) is 6.73. The third-order valence-electron chi connectivity index (χ3n) is 4.56. The summed E-state index contributed by atoms with van der Waals surface area (Å²) in [5.41, 5.74) is 3.08. The Morgan fingerprint density at radius 2 is 1.78 bits per heavy atom. The molecule has 1 heterocycles. The van der Waals surface area contributed by atoms with E-state index in [2.05, 4.69) is 36.2 Å². The lowest BCUT2D eigenvalue weighted by molar-refractivity contribution is -0.122. The first-order chi connectivity index (χ1) is 11.2. The van der Waals surface area contributed by atoms with Crippen LogP contribution in [0.15, 0.2) is 48.5 Å². The SMILES string of the molecule is CCN(CC)[C@H]1C(=O)Nc2ccc(Cl)cc2[C@H]1c1ccccc1. The van der Waals surface area contributed by atoms with E-state index in [-0.39, 0.29) is 17.9 Å². The summed E-state index contributed by atoms with van der Waals surface area (Å²) in [6.45, 7) is 5.83. The van der Waals surface area contributed by atoms with Crippen LogP contribution in [0.3, 0.4) is 0 Å². The number of amides is 1. The quantitative estimate of drug-likeness (QED) is 0.915. The van der Waals surface area contributed by atoms with Crippen molar-refractivity contribution in [2.75, 3.05) is 18.4 Å². The largest absolute Gasteiger partial charge is 0.324 e. The van der Waals surface area contributed by atoms with Gasteiger partial charge >= 0.3 is 0 Å². The van der Waals surface area contributed by atoms with Gasteiger partial charge in [0.15, 0.2) is 0 Å². The number of halogens is 1. The van der Waals surface area contributed by atoms with E-state index < -0.39 is 0 Å². The summed E-state index contributed by atoms with van der Waals surface area (Å²) in [7, 11) is 0. The maximum atomic E-state index is 12.8. The molecule has 120 valence electrons. The minimum Gasteiger partial charge on any atom is -0.324 e. The first-order valence-electron chi connectivity index (χ1n) is 8.05. The molecule has 0 radical (unpaired) electrons. The fourth-order valence-electron chi connectivity index (χ4n) is 3.45. The zero-order valence-electron chi connectivity index (χ0n) is 13.4. The van der Waals surface area contributed by atoms with Gasteiger partial charge in [-0.1, -0.05) is 55.8 Å². The highest BCUT2D eigenvalue weighted by Gasteiger charge is 2.39. The monoisotopic (exact) mass is 328 g/mol. The van der Waals surface area contributed by atoms with Crippen LogP contribution in [-0.4, -0.2) is 29.9 Å². The van der Waals surface area contributed by atoms with Crippen molar-refractivity contribution in [2.24, 2.45) is 0 Å². The lowest BCUT2D eigenvalue weighted by Crippen LogP contribution is -2.50. The molecule has 2 aromatic carbocycles. The minimum absolute atomic E-state index is 0.0152. The number of nitrogens with zero attached hydrogens (tertiary/aromatic N) is 1. The molecule has 3 nitrogen and oxygen atoms in total. The van der Waals surface area contributed by atoms with Crippen LogP contribution in [0.5, 0.6) is 0 Å². The van der Waals surface area contributed by atoms with Crippen molar-refractivity contribution >= 4 is 23.2 Å². The molecule has 0 bridgehead atoms. The van der Waals surface area contributed by atoms with Crippen molar-refractivity contribution in [1.82, 2.24) is 4.90 Å². The Morgan fingerprint density at radius 3 is 2.43 bits per heavy atom. The molecule has 4 heteroatoms. The number of carbonyl (C=O) groups excluding carboxylic acids is 1. The Bertz CT molecular complexity index is 698. The van der Waals surface area contributed by atoms with Gasteiger partial charge in [-0.2, -0.15) is 0 Å². The van der Waals surface area contributed by atoms with E-state index in [9.17, 15) is 4.79 Å². The Labute approximate surface area is 142 Å². The van der Waals surface area contributed by atoms with Crippen LogP contribution < -0.4 is 5.32 Å². The fourth-order valence-corrected chi connectivity index (χ4v) is 3.63. The lowest BCUT2D eigenvalue weighted by Gasteiger charge is -2.39. The molecule has 0 saturated heterocycles. The summed E-state index contributed by atoms with van der Waals surface area (Å²) < 4.78 is 0. The normalized spacial score (nSPS) is 20.3. The van der Waals surface area contributed by atoms with Gasteiger partial charge in [0.05, 0.1) is 0 Å². The van der Waals surface area contributed by atoms with Crippen LogP contribution in [-0.2, 0) is 4.79 Å². The average molecular weight is 329 g/mol. The van der Waals surface area contributed by atoms with Crippen molar-refractivity contribution in [2.45, 2.75) is 25.8 Å². The molecule has 0 unspecified atom stereocenters. The summed E-state index contributed by atoms with van der Waals surface area (Å²) in [5, 5.41) is 3.74. The number of rotatable bonds is 4. The highest BCUT2D eigenvalue weighted by atomic mass is 35.5. The van der Waals surface area contributed by atoms with E-state index in [0.29, 0.717) is 5.02 Å². The predicted molar refractivity (Wildman–Crippen MR) is 95.1 cm³/mol. The molecular weight excluding hydrogens is 308 g/mol. The van der Waals surface area contributed by atoms with E-state index >= 15 is 0 Å². The molecular formula is C19H21ClN2O. The molecule has 2 atom stereocenters. The molecule has 1 aliphatic heterocycles. The third kappa shape index (κ3) is 2.99. The molecule has 0 fully saturated rings. The highest BCUT2D eigenvalue weighted by Crippen LogP contribution is 2.40. The van der Waals surface area contributed by atoms with Crippen molar-refractivity contribution in [3.8, 4) is 0 Å². The molecule has 23 heavy (non-hydrogen) atoms. The van der Waals surface area contributed by atoms with Gasteiger partial charge in [-0.05, 0) is 42.4 Å². The number of carbonyl (C=O) groups is 1. The topological polar surface area (TPSA) is 32.3 Å². The van der Waals surface area contributed by atoms with Crippen LogP contribution in [0.4, 0.5) is 5.69 Å². The van der Waals surface area contributed by atoms with Crippen LogP contribution in [0.25, 0.3) is 0 Å². The van der Waals surface area contributed by atoms with E-state index in [0.717, 1.165) is 29.9 Å². The summed E-state index contributed by atoms with van der Waals surface area (Å²) in [6.07, 6.45) is 0. The molecule has 1 amide bonds. The van der Waals surface area contributed by atoms with Crippen molar-refractivity contribution < 1.29 is 4.79 Å². The van der Waals surface area contributed by atoms with Gasteiger partial charge in [0.1, 0.15) is 6.04 Å². The van der Waals surface area contributed by atoms with E-state index in [1.54, 1.807) is 0 Å². The van der Waals surface area contributed by atoms with Crippen molar-refractivity contribution in [3.63, 3.8) is 0 Å². The zero-order chi connectivity index (χ0) is 16.4. The van der Waals surface area contributed by atoms with Crippen molar-refractivity contribution in [1.29, 1.82) is 0 Å². The van der Waals surface area contributed by atoms with Gasteiger partial charge in [0, 0.05) is 16.6 Å². The molecule has 2 aromatic rings. The van der Waals surface area contributed by atoms with Gasteiger partial charge in [-0.25, -0.2) is 0 Å². The number of hydrogen-bond acceptors (Lipinski definition) is 2. The fraction of sp³-hybridized carbons (Fsp3) is 0.316. The Morgan fingerprint density at radius 1 is 1.09 bits per heavy atom. The summed E-state index contributed by atoms with van der Waals surface area (Å²) in [6, 6.07) is 15.7. The molecule has 0 aliphatic carbocycles. The Balaban J connectivity index is 2.17. The van der Waals surface area contributed by atoms with E-state index in [1.165, 1.54) is 0 Å². The van der Waals surface area contributed by atoms with Gasteiger partial charge in [-0.3, -0.25) is 9.69 Å². The molecule has 1 N–H and O–H groups in total. The number of fused-ring (bicyclic) bond motifs is 1. The smallest absolute Gasteiger partial charge is 0.242 e. The Kier molecular flexibility index (Phi) is 4.69. The van der Waals surface area contributed by atoms with Crippen molar-refractivity contribution in [3.05, 3.63) is 64.7 Å². The number of likely N-dealkylation sites (N-methyl/N-ethyl adjacent to an activating group) is 1. The third-order valence-corrected chi connectivity index (χ3v) is 4.79. The summed E-state index contributed by atoms with van der Waals surface area (Å²) in [5.74, 6) is 0.0379. The zero-order valence-corrected chi connectivity index (χ0v) is 14.2. The molecule has 0 spiro atoms. The van der Waals surface area contributed by atoms with Gasteiger partial charge in [0.25, 0.3) is 0 Å². The number of hydrogen-bond donors (Lipinski definition) is 1. The highest BCUT2D eigenvalue weighted by molar-refractivity contribution is 6.30. The minimum atomic E-state index is -0.224. The van der Waals surface area contributed by atoms with Crippen LogP contribution in [0.2, 0.25) is 5.02 Å². The molecule has 0 aromatic heterocycles. The molecule has 1 aliphatic rings. The molecule has 3 rings (SSSR count). The lowest BCUT2D eigenvalue weighted by atomic mass is 9.80. The summed E-state index contributed by atoms with van der Waals surface area (Å²) in [4.78, 5) is 15.0. The number of benzene rings is 2. The van der Waals surface area contributed by atoms with E-state index in [4.69, 9.17) is 11.6 Å². The summed E-state index contributed by atoms with van der Waals surface area (Å²) >= 11 is 6.23. The first-order valence-corrected chi connectivity index (χ1v) is 8.42. The second-order valence-corrected chi connectivity index (χ2v) is 6.21. The second-order valence-electron chi connectivity index (χ2n) is 5.78. The number of anilines is 1. The maximum Gasteiger partial charge on any atom is 0.242 e. The first kappa shape index (κ1) is 16.0. The predicted octanol–water partition coefficient (Wildman–Crippen LogP) is 4.13. The van der Waals surface area contributed by atoms with Gasteiger partial charge < -0.3 is 5.32 Å². The van der Waals surface area contributed by atoms with Crippen LogP contribution >= 0.6 is 11.6 Å². The number of nitrogens with one attached hydrogen (secondary N) is 1. The van der Waals surface area contributed by atoms with Crippen LogP contribution in [0.1, 0.15) is 30.9 Å².